The van der Waals surface area contributed by atoms with E-state index in [2.05, 4.69) is 0 Å². The van der Waals surface area contributed by atoms with Crippen molar-refractivity contribution < 1.29 is 14.8 Å². The van der Waals surface area contributed by atoms with E-state index in [9.17, 15) is 14.9 Å². The molecule has 0 aliphatic carbocycles. The van der Waals surface area contributed by atoms with E-state index in [1.165, 1.54) is 12.1 Å². The molecule has 0 aromatic heterocycles. The van der Waals surface area contributed by atoms with Gasteiger partial charge in [-0.3, -0.25) is 14.9 Å². The second kappa shape index (κ2) is 9.26. The fraction of sp³-hybridized carbons (Fsp3) is 0. The molecule has 0 radical (unpaired) electrons. The quantitative estimate of drug-likeness (QED) is 0.298. The van der Waals surface area contributed by atoms with Gasteiger partial charge in [-0.05, 0) is 6.07 Å². The number of ketones is 1. The van der Waals surface area contributed by atoms with Gasteiger partial charge in [0.15, 0.2) is 5.78 Å². The zero-order chi connectivity index (χ0) is 15.0. The molecule has 7 heteroatoms. The number of para-hydroxylation sites is 1. The minimum atomic E-state index is -0.545. The molecular weight excluding hydrogens is 339 g/mol. The monoisotopic (exact) mass is 352 g/mol. The average Bonchev–Trinajstić information content (AvgIpc) is 2.48. The number of carbonyl (C=O) groups excluding carboxylic acids is 1. The summed E-state index contributed by atoms with van der Waals surface area (Å²) in [6, 6.07) is 14.5. The number of nitro groups is 1. The Morgan fingerprint density at radius 1 is 1.10 bits per heavy atom. The molecule has 2 rings (SSSR count). The maximum absolute atomic E-state index is 12.1. The van der Waals surface area contributed by atoms with Crippen LogP contribution in [0.15, 0.2) is 54.6 Å². The first-order valence-electron chi connectivity index (χ1n) is 5.48. The summed E-state index contributed by atoms with van der Waals surface area (Å²) in [6.07, 6.45) is 0.750. The molecule has 0 fully saturated rings. The van der Waals surface area contributed by atoms with Crippen molar-refractivity contribution in [1.82, 2.24) is 0 Å². The Bertz CT molecular complexity index is 654. The van der Waals surface area contributed by atoms with Crippen molar-refractivity contribution >= 4 is 28.5 Å². The van der Waals surface area contributed by atoms with Crippen molar-refractivity contribution in [2.45, 2.75) is 0 Å². The van der Waals surface area contributed by atoms with Crippen LogP contribution < -0.4 is 0 Å². The molecule has 108 valence electrons. The molecule has 0 aliphatic heterocycles. The van der Waals surface area contributed by atoms with Gasteiger partial charge in [-0.25, -0.2) is 0 Å². The fourth-order valence-electron chi connectivity index (χ4n) is 1.57. The van der Waals surface area contributed by atoms with Gasteiger partial charge in [0.25, 0.3) is 11.9 Å². The molecule has 2 aromatic carbocycles. The molecular formula is C14H12N2O4Se. The molecule has 0 unspecified atom stereocenters. The molecule has 0 saturated carbocycles. The Kier molecular flexibility index (Phi) is 8.08. The van der Waals surface area contributed by atoms with Gasteiger partial charge in [-0.1, -0.05) is 42.5 Å². The first kappa shape index (κ1) is 18.3. The van der Waals surface area contributed by atoms with Crippen LogP contribution in [0.5, 0.6) is 0 Å². The Labute approximate surface area is 131 Å². The molecule has 0 amide bonds. The minimum absolute atomic E-state index is 0. The molecule has 6 nitrogen and oxygen atoms in total. The van der Waals surface area contributed by atoms with Crippen LogP contribution in [0.2, 0.25) is 0 Å². The number of nitro benzene ring substituents is 1. The van der Waals surface area contributed by atoms with Crippen molar-refractivity contribution in [3.05, 3.63) is 75.8 Å². The van der Waals surface area contributed by atoms with Crippen LogP contribution in [0, 0.1) is 21.6 Å². The molecule has 0 atom stereocenters. The molecule has 2 aromatic rings. The van der Waals surface area contributed by atoms with E-state index < -0.39 is 4.92 Å². The van der Waals surface area contributed by atoms with Crippen LogP contribution in [0.25, 0.3) is 0 Å². The Hall–Kier alpha value is -2.68. The van der Waals surface area contributed by atoms with Crippen molar-refractivity contribution in [2.75, 3.05) is 0 Å². The molecule has 0 saturated heterocycles. The van der Waals surface area contributed by atoms with Gasteiger partial charge in [0.1, 0.15) is 5.56 Å². The number of rotatable bonds is 3. The van der Waals surface area contributed by atoms with Crippen LogP contribution in [-0.4, -0.2) is 32.9 Å². The van der Waals surface area contributed by atoms with Crippen LogP contribution in [0.4, 0.5) is 5.69 Å². The van der Waals surface area contributed by atoms with Crippen molar-refractivity contribution in [3.63, 3.8) is 0 Å². The first-order chi connectivity index (χ1) is 9.61. The van der Waals surface area contributed by atoms with Gasteiger partial charge in [-0.2, -0.15) is 5.26 Å². The molecule has 0 spiro atoms. The zero-order valence-electron chi connectivity index (χ0n) is 10.8. The first-order valence-corrected chi connectivity index (χ1v) is 5.48. The summed E-state index contributed by atoms with van der Waals surface area (Å²) in [7, 11) is 0. The third-order valence-corrected chi connectivity index (χ3v) is 2.38. The van der Waals surface area contributed by atoms with Crippen LogP contribution in [0.3, 0.4) is 0 Å². The third-order valence-electron chi connectivity index (χ3n) is 2.38. The SMILES string of the molecule is N#CO.O=C(c1ccccc1)c1ccccc1[N+](=O)[O-].[SeH2]. The van der Waals surface area contributed by atoms with Crippen LogP contribution >= 0.6 is 0 Å². The van der Waals surface area contributed by atoms with Crippen molar-refractivity contribution in [1.29, 1.82) is 5.26 Å². The topological polar surface area (TPSA) is 104 Å². The van der Waals surface area contributed by atoms with Gasteiger partial charge in [0.2, 0.25) is 0 Å². The summed E-state index contributed by atoms with van der Waals surface area (Å²) in [6.45, 7) is 0. The number of nitrogens with zero attached hydrogens (tertiary/aromatic N) is 2. The van der Waals surface area contributed by atoms with Gasteiger partial charge in [-0.15, -0.1) is 0 Å². The molecule has 1 N–H and O–H groups in total. The summed E-state index contributed by atoms with van der Waals surface area (Å²) in [4.78, 5) is 22.3. The second-order valence-corrected chi connectivity index (χ2v) is 3.57. The molecule has 0 aliphatic rings. The number of aliphatic hydroxyl groups excluding tert-OH is 1. The van der Waals surface area contributed by atoms with Gasteiger partial charge in [0, 0.05) is 11.6 Å². The second-order valence-electron chi connectivity index (χ2n) is 3.57. The summed E-state index contributed by atoms with van der Waals surface area (Å²) in [5, 5.41) is 24.6. The zero-order valence-corrected chi connectivity index (χ0v) is 12.9. The van der Waals surface area contributed by atoms with E-state index >= 15 is 0 Å². The van der Waals surface area contributed by atoms with Crippen LogP contribution in [0.1, 0.15) is 15.9 Å². The molecule has 0 bridgehead atoms. The predicted octanol–water partition coefficient (Wildman–Crippen LogP) is 1.75. The van der Waals surface area contributed by atoms with Crippen molar-refractivity contribution in [2.24, 2.45) is 0 Å². The van der Waals surface area contributed by atoms with E-state index in [-0.39, 0.29) is 34.1 Å². The Balaban J connectivity index is 0.000000922. The third kappa shape index (κ3) is 5.07. The number of carbonyl (C=O) groups is 1. The van der Waals surface area contributed by atoms with Gasteiger partial charge >= 0.3 is 17.1 Å². The average molecular weight is 351 g/mol. The Morgan fingerprint density at radius 2 is 1.57 bits per heavy atom. The Morgan fingerprint density at radius 3 is 2.10 bits per heavy atom. The van der Waals surface area contributed by atoms with E-state index in [0.717, 1.165) is 6.26 Å². The number of hydrogen-bond donors (Lipinski definition) is 1. The molecule has 21 heavy (non-hydrogen) atoms. The van der Waals surface area contributed by atoms with E-state index in [4.69, 9.17) is 10.4 Å². The fourth-order valence-corrected chi connectivity index (χ4v) is 1.57. The van der Waals surface area contributed by atoms with E-state index in [0.29, 0.717) is 5.56 Å². The maximum atomic E-state index is 12.1. The standard InChI is InChI=1S/C13H9NO3.CHNO.H2Se/c15-13(10-6-2-1-3-7-10)11-8-4-5-9-12(11)14(16)17;2-1-3;/h1-9H;3H;1H2. The summed E-state index contributed by atoms with van der Waals surface area (Å²) in [5.41, 5.74) is 0.395. The van der Waals surface area contributed by atoms with Gasteiger partial charge in [0.05, 0.1) is 4.92 Å². The van der Waals surface area contributed by atoms with Gasteiger partial charge < -0.3 is 5.11 Å². The summed E-state index contributed by atoms with van der Waals surface area (Å²) in [5.74, 6) is -0.335. The number of aliphatic hydroxyl groups is 1. The number of nitriles is 1. The number of hydrogen-bond acceptors (Lipinski definition) is 5. The summed E-state index contributed by atoms with van der Waals surface area (Å²) >= 11 is 0. The normalized spacial score (nSPS) is 8.33. The van der Waals surface area contributed by atoms with E-state index in [1.807, 2.05) is 0 Å². The summed E-state index contributed by atoms with van der Waals surface area (Å²) < 4.78 is 0. The van der Waals surface area contributed by atoms with Crippen molar-refractivity contribution in [3.8, 4) is 6.26 Å². The number of benzene rings is 2. The molecule has 0 heterocycles. The van der Waals surface area contributed by atoms with E-state index in [1.54, 1.807) is 42.5 Å². The van der Waals surface area contributed by atoms with Crippen LogP contribution in [-0.2, 0) is 0 Å². The predicted molar refractivity (Wildman–Crippen MR) is 79.1 cm³/mol.